The number of furan rings is 1. The van der Waals surface area contributed by atoms with Gasteiger partial charge in [0.1, 0.15) is 5.76 Å². The minimum atomic E-state index is -4.48. The van der Waals surface area contributed by atoms with Crippen LogP contribution in [0, 0.1) is 11.7 Å². The highest BCUT2D eigenvalue weighted by molar-refractivity contribution is 7.71. The lowest BCUT2D eigenvalue weighted by Crippen LogP contribution is -2.10. The number of anilines is 1. The molecule has 4 aromatic rings. The van der Waals surface area contributed by atoms with Gasteiger partial charge in [-0.1, -0.05) is 29.5 Å². The van der Waals surface area contributed by atoms with Gasteiger partial charge in [-0.2, -0.15) is 18.3 Å². The molecule has 0 atom stereocenters. The number of allylic oxidation sites excluding steroid dienone is 1. The summed E-state index contributed by atoms with van der Waals surface area (Å²) in [6.45, 7) is 5.94. The maximum atomic E-state index is 13.0. The van der Waals surface area contributed by atoms with Crippen molar-refractivity contribution >= 4 is 34.6 Å². The predicted molar refractivity (Wildman–Crippen MR) is 121 cm³/mol. The molecule has 12 heteroatoms. The first-order valence-electron chi connectivity index (χ1n) is 9.50. The number of aromatic nitrogens is 4. The summed E-state index contributed by atoms with van der Waals surface area (Å²) in [5.74, 6) is 0.0621. The average Bonchev–Trinajstić information content (AvgIpc) is 3.48. The number of hydrogen-bond donors (Lipinski definition) is 2. The minimum absolute atomic E-state index is 0.0637. The summed E-state index contributed by atoms with van der Waals surface area (Å²) in [6.07, 6.45) is -2.79. The quantitative estimate of drug-likeness (QED) is 0.252. The lowest BCUT2D eigenvalue weighted by atomic mass is 10.1. The maximum Gasteiger partial charge on any atom is 0.416 e. The van der Waals surface area contributed by atoms with E-state index in [-0.39, 0.29) is 17.1 Å². The summed E-state index contributed by atoms with van der Waals surface area (Å²) >= 11 is 6.43. The largest absolute Gasteiger partial charge is 0.451 e. The second-order valence-corrected chi connectivity index (χ2v) is 8.27. The Bertz CT molecular complexity index is 1400. The number of H-pyrrole nitrogens is 1. The number of alkyl halides is 3. The minimum Gasteiger partial charge on any atom is -0.451 e. The highest BCUT2D eigenvalue weighted by atomic mass is 32.1. The van der Waals surface area contributed by atoms with Crippen LogP contribution in [0.4, 0.5) is 18.3 Å². The molecule has 0 fully saturated rings. The fourth-order valence-corrected chi connectivity index (χ4v) is 4.24. The van der Waals surface area contributed by atoms with Gasteiger partial charge in [-0.05, 0) is 43.4 Å². The lowest BCUT2D eigenvalue weighted by Gasteiger charge is -2.07. The SMILES string of the molecule is C=CCn1c(-c2sc(NC(=O)c3ccc(-c4cccc(C(F)(F)F)c4)o3)nc2C)n[nH]c1=S. The third-order valence-electron chi connectivity index (χ3n) is 4.59. The van der Waals surface area contributed by atoms with E-state index >= 15 is 0 Å². The first-order chi connectivity index (χ1) is 15.7. The zero-order valence-corrected chi connectivity index (χ0v) is 18.7. The molecule has 33 heavy (non-hydrogen) atoms. The molecular formula is C21H16F3N5O2S2. The van der Waals surface area contributed by atoms with E-state index in [2.05, 4.69) is 27.1 Å². The number of nitrogens with zero attached hydrogens (tertiary/aromatic N) is 3. The van der Waals surface area contributed by atoms with Crippen molar-refractivity contribution in [2.45, 2.75) is 19.6 Å². The van der Waals surface area contributed by atoms with E-state index in [0.717, 1.165) is 12.1 Å². The summed E-state index contributed by atoms with van der Waals surface area (Å²) in [7, 11) is 0. The Kier molecular flexibility index (Phi) is 6.04. The average molecular weight is 492 g/mol. The number of nitrogens with one attached hydrogen (secondary N) is 2. The van der Waals surface area contributed by atoms with Crippen molar-refractivity contribution in [3.8, 4) is 22.0 Å². The molecule has 0 bridgehead atoms. The molecule has 2 N–H and O–H groups in total. The number of thiazole rings is 1. The zero-order valence-electron chi connectivity index (χ0n) is 17.1. The molecule has 1 amide bonds. The van der Waals surface area contributed by atoms with Gasteiger partial charge in [-0.15, -0.1) is 6.58 Å². The van der Waals surface area contributed by atoms with E-state index in [1.54, 1.807) is 17.6 Å². The topological polar surface area (TPSA) is 88.7 Å². The number of amides is 1. The van der Waals surface area contributed by atoms with Crippen LogP contribution in [-0.4, -0.2) is 25.7 Å². The first-order valence-corrected chi connectivity index (χ1v) is 10.7. The molecule has 0 saturated carbocycles. The smallest absolute Gasteiger partial charge is 0.416 e. The van der Waals surface area contributed by atoms with E-state index in [4.69, 9.17) is 16.6 Å². The maximum absolute atomic E-state index is 13.0. The van der Waals surface area contributed by atoms with E-state index in [9.17, 15) is 18.0 Å². The van der Waals surface area contributed by atoms with E-state index in [1.165, 1.54) is 35.6 Å². The molecule has 0 radical (unpaired) electrons. The number of aromatic amines is 1. The van der Waals surface area contributed by atoms with Crippen LogP contribution in [0.15, 0.2) is 53.5 Å². The fourth-order valence-electron chi connectivity index (χ4n) is 3.07. The number of hydrogen-bond acceptors (Lipinski definition) is 6. The van der Waals surface area contributed by atoms with Crippen LogP contribution in [0.5, 0.6) is 0 Å². The van der Waals surface area contributed by atoms with Gasteiger partial charge in [-0.25, -0.2) is 4.98 Å². The Labute approximate surface area is 194 Å². The van der Waals surface area contributed by atoms with Gasteiger partial charge in [0.25, 0.3) is 5.91 Å². The van der Waals surface area contributed by atoms with Crippen molar-refractivity contribution in [3.63, 3.8) is 0 Å². The molecule has 0 aliphatic rings. The number of benzene rings is 1. The highest BCUT2D eigenvalue weighted by Gasteiger charge is 2.30. The molecule has 3 heterocycles. The number of rotatable bonds is 6. The van der Waals surface area contributed by atoms with Gasteiger partial charge in [0.15, 0.2) is 21.5 Å². The molecule has 4 rings (SSSR count). The highest BCUT2D eigenvalue weighted by Crippen LogP contribution is 2.34. The van der Waals surface area contributed by atoms with Crippen LogP contribution in [0.25, 0.3) is 22.0 Å². The fraction of sp³-hybridized carbons (Fsp3) is 0.143. The van der Waals surface area contributed by atoms with Gasteiger partial charge in [0.2, 0.25) is 0 Å². The zero-order chi connectivity index (χ0) is 23.8. The van der Waals surface area contributed by atoms with Crippen molar-refractivity contribution in [1.29, 1.82) is 0 Å². The molecule has 1 aromatic carbocycles. The Morgan fingerprint density at radius 1 is 1.36 bits per heavy atom. The number of aryl methyl sites for hydroxylation is 1. The summed E-state index contributed by atoms with van der Waals surface area (Å²) in [4.78, 5) is 17.7. The van der Waals surface area contributed by atoms with Crippen LogP contribution in [0.2, 0.25) is 0 Å². The van der Waals surface area contributed by atoms with Gasteiger partial charge in [0.05, 0.1) is 16.1 Å². The Hall–Kier alpha value is -3.51. The number of carbonyl (C=O) groups is 1. The van der Waals surface area contributed by atoms with Gasteiger partial charge in [0, 0.05) is 12.1 Å². The third-order valence-corrected chi connectivity index (χ3v) is 5.97. The number of carbonyl (C=O) groups excluding carboxylic acids is 1. The molecule has 7 nitrogen and oxygen atoms in total. The lowest BCUT2D eigenvalue weighted by molar-refractivity contribution is -0.137. The monoisotopic (exact) mass is 491 g/mol. The second kappa shape index (κ2) is 8.79. The first kappa shape index (κ1) is 22.7. The van der Waals surface area contributed by atoms with Crippen LogP contribution < -0.4 is 5.32 Å². The van der Waals surface area contributed by atoms with Gasteiger partial charge >= 0.3 is 6.18 Å². The molecule has 3 aromatic heterocycles. The van der Waals surface area contributed by atoms with Crippen molar-refractivity contribution < 1.29 is 22.4 Å². The molecule has 170 valence electrons. The van der Waals surface area contributed by atoms with Gasteiger partial charge < -0.3 is 4.42 Å². The Balaban J connectivity index is 1.55. The summed E-state index contributed by atoms with van der Waals surface area (Å²) < 4.78 is 46.6. The molecule has 0 unspecified atom stereocenters. The van der Waals surface area contributed by atoms with Crippen LogP contribution in [-0.2, 0) is 12.7 Å². The molecule has 0 aliphatic carbocycles. The summed E-state index contributed by atoms with van der Waals surface area (Å²) in [5.41, 5.74) is 0.0440. The standard InChI is InChI=1S/C21H16F3N5O2S2/c1-3-9-29-17(27-28-20(29)32)16-11(2)25-19(33-16)26-18(30)15-8-7-14(31-15)12-5-4-6-13(10-12)21(22,23)24/h3-8,10H,1,9H2,2H3,(H,28,32)(H,25,26,30). The summed E-state index contributed by atoms with van der Waals surface area (Å²) in [6, 6.07) is 7.52. The Morgan fingerprint density at radius 2 is 2.15 bits per heavy atom. The van der Waals surface area contributed by atoms with Crippen LogP contribution in [0.1, 0.15) is 21.8 Å². The normalized spacial score (nSPS) is 11.5. The molecule has 0 aliphatic heterocycles. The molecular weight excluding hydrogens is 475 g/mol. The predicted octanol–water partition coefficient (Wildman–Crippen LogP) is 6.09. The van der Waals surface area contributed by atoms with Crippen LogP contribution in [0.3, 0.4) is 0 Å². The van der Waals surface area contributed by atoms with E-state index in [1.807, 2.05) is 0 Å². The van der Waals surface area contributed by atoms with Crippen molar-refractivity contribution in [2.24, 2.45) is 0 Å². The van der Waals surface area contributed by atoms with E-state index in [0.29, 0.717) is 32.8 Å². The van der Waals surface area contributed by atoms with Gasteiger partial charge in [-0.3, -0.25) is 19.8 Å². The second-order valence-electron chi connectivity index (χ2n) is 6.88. The molecule has 0 saturated heterocycles. The number of halogens is 3. The van der Waals surface area contributed by atoms with Crippen molar-refractivity contribution in [3.05, 3.63) is 70.8 Å². The van der Waals surface area contributed by atoms with E-state index < -0.39 is 17.6 Å². The third kappa shape index (κ3) is 4.66. The van der Waals surface area contributed by atoms with Crippen LogP contribution >= 0.6 is 23.6 Å². The molecule has 0 spiro atoms. The Morgan fingerprint density at radius 3 is 2.88 bits per heavy atom. The van der Waals surface area contributed by atoms with Crippen molar-refractivity contribution in [1.82, 2.24) is 19.7 Å². The summed E-state index contributed by atoms with van der Waals surface area (Å²) in [5, 5.41) is 9.92. The van der Waals surface area contributed by atoms with Crippen molar-refractivity contribution in [2.75, 3.05) is 5.32 Å².